The maximum Gasteiger partial charge on any atom is 0.225 e. The van der Waals surface area contributed by atoms with Crippen molar-refractivity contribution in [3.8, 4) is 23.0 Å². The first-order valence-electron chi connectivity index (χ1n) is 8.87. The number of ether oxygens (including phenoxy) is 4. The average molecular weight is 349 g/mol. The molecule has 0 aromatic heterocycles. The number of carbonyl (C=O) groups excluding carboxylic acids is 1. The van der Waals surface area contributed by atoms with Crippen molar-refractivity contribution in [2.45, 2.75) is 25.7 Å². The number of hydrogen-bond donors (Lipinski definition) is 0. The maximum absolute atomic E-state index is 12.1. The third-order valence-electron chi connectivity index (χ3n) is 4.98. The van der Waals surface area contributed by atoms with Gasteiger partial charge in [-0.1, -0.05) is 0 Å². The van der Waals surface area contributed by atoms with Crippen LogP contribution >= 0.6 is 0 Å². The van der Waals surface area contributed by atoms with Gasteiger partial charge in [0.1, 0.15) is 5.75 Å². The molecule has 1 aliphatic heterocycles. The third kappa shape index (κ3) is 4.11. The van der Waals surface area contributed by atoms with Gasteiger partial charge in [0, 0.05) is 31.1 Å². The highest BCUT2D eigenvalue weighted by Gasteiger charge is 2.34. The number of rotatable bonds is 7. The molecular formula is C19H27NO5. The van der Waals surface area contributed by atoms with Crippen molar-refractivity contribution in [3.05, 3.63) is 12.1 Å². The minimum Gasteiger partial charge on any atom is -0.493 e. The van der Waals surface area contributed by atoms with Crippen molar-refractivity contribution in [2.75, 3.05) is 41.0 Å². The summed E-state index contributed by atoms with van der Waals surface area (Å²) >= 11 is 0. The summed E-state index contributed by atoms with van der Waals surface area (Å²) in [6.07, 6.45) is 4.12. The molecule has 1 aliphatic carbocycles. The van der Waals surface area contributed by atoms with Crippen molar-refractivity contribution in [1.82, 2.24) is 4.90 Å². The van der Waals surface area contributed by atoms with Crippen molar-refractivity contribution in [3.63, 3.8) is 0 Å². The van der Waals surface area contributed by atoms with E-state index in [2.05, 4.69) is 0 Å². The minimum atomic E-state index is 0.312. The second kappa shape index (κ2) is 7.85. The van der Waals surface area contributed by atoms with Gasteiger partial charge in [-0.15, -0.1) is 0 Å². The van der Waals surface area contributed by atoms with Crippen LogP contribution in [0.1, 0.15) is 25.7 Å². The zero-order valence-corrected chi connectivity index (χ0v) is 15.2. The van der Waals surface area contributed by atoms with Crippen LogP contribution in [0.5, 0.6) is 23.0 Å². The molecule has 3 rings (SSSR count). The highest BCUT2D eigenvalue weighted by Crippen LogP contribution is 2.41. The molecule has 2 fully saturated rings. The molecule has 2 aliphatic rings. The molecule has 1 saturated heterocycles. The molecule has 6 nitrogen and oxygen atoms in total. The largest absolute Gasteiger partial charge is 0.493 e. The fraction of sp³-hybridized carbons (Fsp3) is 0.632. The second-order valence-corrected chi connectivity index (χ2v) is 6.71. The van der Waals surface area contributed by atoms with E-state index in [9.17, 15) is 4.79 Å². The van der Waals surface area contributed by atoms with E-state index in [1.54, 1.807) is 21.3 Å². The number of carbonyl (C=O) groups is 1. The molecule has 1 aromatic carbocycles. The molecule has 0 spiro atoms. The summed E-state index contributed by atoms with van der Waals surface area (Å²) in [5.74, 6) is 3.55. The zero-order valence-electron chi connectivity index (χ0n) is 15.2. The Kier molecular flexibility index (Phi) is 5.56. The van der Waals surface area contributed by atoms with Crippen LogP contribution in [0.25, 0.3) is 0 Å². The van der Waals surface area contributed by atoms with E-state index in [4.69, 9.17) is 18.9 Å². The molecular weight excluding hydrogens is 322 g/mol. The van der Waals surface area contributed by atoms with E-state index in [-0.39, 0.29) is 0 Å². The predicted molar refractivity (Wildman–Crippen MR) is 93.6 cm³/mol. The molecule has 25 heavy (non-hydrogen) atoms. The van der Waals surface area contributed by atoms with Crippen molar-refractivity contribution >= 4 is 5.91 Å². The number of hydrogen-bond acceptors (Lipinski definition) is 5. The van der Waals surface area contributed by atoms with Crippen molar-refractivity contribution in [1.29, 1.82) is 0 Å². The van der Waals surface area contributed by atoms with Gasteiger partial charge in [-0.3, -0.25) is 4.79 Å². The Balaban J connectivity index is 1.54. The normalized spacial score (nSPS) is 18.0. The Morgan fingerprint density at radius 1 is 1.00 bits per heavy atom. The Hall–Kier alpha value is -2.11. The molecule has 1 amide bonds. The second-order valence-electron chi connectivity index (χ2n) is 6.71. The van der Waals surface area contributed by atoms with Crippen molar-refractivity contribution in [2.24, 2.45) is 11.8 Å². The van der Waals surface area contributed by atoms with Gasteiger partial charge >= 0.3 is 0 Å². The summed E-state index contributed by atoms with van der Waals surface area (Å²) in [5, 5.41) is 0. The van der Waals surface area contributed by atoms with Gasteiger partial charge in [0.2, 0.25) is 11.7 Å². The molecule has 1 heterocycles. The Morgan fingerprint density at radius 3 is 2.08 bits per heavy atom. The Labute approximate surface area is 149 Å². The summed E-state index contributed by atoms with van der Waals surface area (Å²) in [4.78, 5) is 14.1. The quantitative estimate of drug-likeness (QED) is 0.758. The van der Waals surface area contributed by atoms with E-state index in [0.717, 1.165) is 38.8 Å². The Bertz CT molecular complexity index is 581. The molecule has 0 unspecified atom stereocenters. The number of benzene rings is 1. The molecule has 1 saturated carbocycles. The van der Waals surface area contributed by atoms with Crippen LogP contribution in [-0.4, -0.2) is 51.8 Å². The average Bonchev–Trinajstić information content (AvgIpc) is 3.50. The summed E-state index contributed by atoms with van der Waals surface area (Å²) < 4.78 is 22.0. The van der Waals surface area contributed by atoms with Crippen LogP contribution in [0.4, 0.5) is 0 Å². The number of methoxy groups -OCH3 is 3. The fourth-order valence-electron chi connectivity index (χ4n) is 3.26. The summed E-state index contributed by atoms with van der Waals surface area (Å²) in [6.45, 7) is 2.32. The highest BCUT2D eigenvalue weighted by atomic mass is 16.5. The smallest absolute Gasteiger partial charge is 0.225 e. The van der Waals surface area contributed by atoms with Gasteiger partial charge in [-0.05, 0) is 31.6 Å². The van der Waals surface area contributed by atoms with E-state index >= 15 is 0 Å². The fourth-order valence-corrected chi connectivity index (χ4v) is 3.26. The third-order valence-corrected chi connectivity index (χ3v) is 4.98. The van der Waals surface area contributed by atoms with E-state index in [1.807, 2.05) is 17.0 Å². The molecule has 6 heteroatoms. The first kappa shape index (κ1) is 17.7. The van der Waals surface area contributed by atoms with Gasteiger partial charge in [-0.2, -0.15) is 0 Å². The Morgan fingerprint density at radius 2 is 1.60 bits per heavy atom. The first-order valence-corrected chi connectivity index (χ1v) is 8.87. The van der Waals surface area contributed by atoms with Crippen molar-refractivity contribution < 1.29 is 23.7 Å². The topological polar surface area (TPSA) is 57.2 Å². The monoisotopic (exact) mass is 349 g/mol. The lowest BCUT2D eigenvalue weighted by molar-refractivity contribution is -0.134. The van der Waals surface area contributed by atoms with Gasteiger partial charge in [0.05, 0.1) is 27.9 Å². The number of likely N-dealkylation sites (tertiary alicyclic amines) is 1. The van der Waals surface area contributed by atoms with Crippen LogP contribution in [0, 0.1) is 11.8 Å². The lowest BCUT2D eigenvalue weighted by Crippen LogP contribution is -2.40. The highest BCUT2D eigenvalue weighted by molar-refractivity contribution is 5.81. The molecule has 0 radical (unpaired) electrons. The number of piperidine rings is 1. The first-order chi connectivity index (χ1) is 12.2. The SMILES string of the molecule is COc1cc(OCC2CCN(C(=O)C3CC3)CC2)cc(OC)c1OC. The van der Waals surface area contributed by atoms with E-state index in [0.29, 0.717) is 47.3 Å². The number of amides is 1. The molecule has 0 N–H and O–H groups in total. The van der Waals surface area contributed by atoms with Crippen LogP contribution < -0.4 is 18.9 Å². The molecule has 138 valence electrons. The van der Waals surface area contributed by atoms with Crippen LogP contribution in [0.3, 0.4) is 0 Å². The lowest BCUT2D eigenvalue weighted by Gasteiger charge is -2.32. The van der Waals surface area contributed by atoms with E-state index < -0.39 is 0 Å². The van der Waals surface area contributed by atoms with Gasteiger partial charge < -0.3 is 23.8 Å². The lowest BCUT2D eigenvalue weighted by atomic mass is 9.97. The maximum atomic E-state index is 12.1. The van der Waals surface area contributed by atoms with E-state index in [1.165, 1.54) is 0 Å². The molecule has 0 bridgehead atoms. The predicted octanol–water partition coefficient (Wildman–Crippen LogP) is 2.74. The summed E-state index contributed by atoms with van der Waals surface area (Å²) in [5.41, 5.74) is 0. The summed E-state index contributed by atoms with van der Waals surface area (Å²) in [7, 11) is 4.76. The van der Waals surface area contributed by atoms with Gasteiger partial charge in [0.15, 0.2) is 11.5 Å². The van der Waals surface area contributed by atoms with Crippen LogP contribution in [0.2, 0.25) is 0 Å². The van der Waals surface area contributed by atoms with Crippen LogP contribution in [-0.2, 0) is 4.79 Å². The van der Waals surface area contributed by atoms with Gasteiger partial charge in [-0.25, -0.2) is 0 Å². The molecule has 0 atom stereocenters. The zero-order chi connectivity index (χ0) is 17.8. The summed E-state index contributed by atoms with van der Waals surface area (Å²) in [6, 6.07) is 3.63. The molecule has 1 aromatic rings. The van der Waals surface area contributed by atoms with Gasteiger partial charge in [0.25, 0.3) is 0 Å². The minimum absolute atomic E-state index is 0.312. The standard InChI is InChI=1S/C19H27NO5/c1-22-16-10-15(11-17(23-2)18(16)24-3)25-12-13-6-8-20(9-7-13)19(21)14-4-5-14/h10-11,13-14H,4-9,12H2,1-3H3. The number of nitrogens with zero attached hydrogens (tertiary/aromatic N) is 1. The van der Waals surface area contributed by atoms with Crippen LogP contribution in [0.15, 0.2) is 12.1 Å².